The van der Waals surface area contributed by atoms with Crippen LogP contribution in [0, 0.1) is 11.7 Å². The molecule has 108 valence electrons. The number of halogens is 1. The molecule has 1 aromatic heterocycles. The van der Waals surface area contributed by atoms with Crippen LogP contribution in [0.5, 0.6) is 0 Å². The summed E-state index contributed by atoms with van der Waals surface area (Å²) in [5.41, 5.74) is 0.640. The SMILES string of the molecule is CCC(C)C1C(=O)Nc2cncc(F)c2CN1C(C)=O. The highest BCUT2D eigenvalue weighted by molar-refractivity contribution is 5.98. The van der Waals surface area contributed by atoms with E-state index >= 15 is 0 Å². The van der Waals surface area contributed by atoms with Gasteiger partial charge in [-0.25, -0.2) is 4.39 Å². The lowest BCUT2D eigenvalue weighted by Crippen LogP contribution is -2.48. The number of carbonyl (C=O) groups excluding carboxylic acids is 2. The van der Waals surface area contributed by atoms with E-state index in [9.17, 15) is 14.0 Å². The second-order valence-corrected chi connectivity index (χ2v) is 5.11. The highest BCUT2D eigenvalue weighted by Gasteiger charge is 2.36. The zero-order chi connectivity index (χ0) is 14.9. The number of rotatable bonds is 2. The van der Waals surface area contributed by atoms with Gasteiger partial charge in [0.15, 0.2) is 0 Å². The Morgan fingerprint density at radius 3 is 2.90 bits per heavy atom. The standard InChI is InChI=1S/C14H18FN3O2/c1-4-8(2)13-14(20)17-12-6-16-5-11(15)10(12)7-18(13)9(3)19/h5-6,8,13H,4,7H2,1-3H3,(H,17,20). The molecule has 2 heterocycles. The Hall–Kier alpha value is -1.98. The van der Waals surface area contributed by atoms with Crippen molar-refractivity contribution in [1.82, 2.24) is 9.88 Å². The molecule has 2 atom stereocenters. The highest BCUT2D eigenvalue weighted by atomic mass is 19.1. The summed E-state index contributed by atoms with van der Waals surface area (Å²) >= 11 is 0. The normalized spacial score (nSPS) is 19.9. The summed E-state index contributed by atoms with van der Waals surface area (Å²) < 4.78 is 13.9. The molecule has 1 aromatic rings. The monoisotopic (exact) mass is 279 g/mol. The van der Waals surface area contributed by atoms with Crippen LogP contribution in [0.2, 0.25) is 0 Å². The maximum atomic E-state index is 13.9. The number of anilines is 1. The molecule has 1 aliphatic heterocycles. The molecule has 2 unspecified atom stereocenters. The first kappa shape index (κ1) is 14.4. The van der Waals surface area contributed by atoms with Gasteiger partial charge in [0.2, 0.25) is 11.8 Å². The molecule has 1 N–H and O–H groups in total. The predicted molar refractivity (Wildman–Crippen MR) is 72.3 cm³/mol. The van der Waals surface area contributed by atoms with Gasteiger partial charge in [-0.1, -0.05) is 20.3 Å². The number of hydrogen-bond donors (Lipinski definition) is 1. The van der Waals surface area contributed by atoms with Crippen LogP contribution in [0.4, 0.5) is 10.1 Å². The fourth-order valence-electron chi connectivity index (χ4n) is 2.44. The van der Waals surface area contributed by atoms with Crippen LogP contribution in [0.3, 0.4) is 0 Å². The zero-order valence-corrected chi connectivity index (χ0v) is 11.8. The van der Waals surface area contributed by atoms with Gasteiger partial charge in [0, 0.05) is 12.5 Å². The molecular weight excluding hydrogens is 261 g/mol. The number of pyridine rings is 1. The maximum Gasteiger partial charge on any atom is 0.247 e. The van der Waals surface area contributed by atoms with E-state index in [1.165, 1.54) is 18.0 Å². The van der Waals surface area contributed by atoms with E-state index in [1.54, 1.807) is 0 Å². The summed E-state index contributed by atoms with van der Waals surface area (Å²) in [7, 11) is 0. The summed E-state index contributed by atoms with van der Waals surface area (Å²) in [4.78, 5) is 29.4. The van der Waals surface area contributed by atoms with Gasteiger partial charge in [-0.15, -0.1) is 0 Å². The van der Waals surface area contributed by atoms with Crippen molar-refractivity contribution in [1.29, 1.82) is 0 Å². The summed E-state index contributed by atoms with van der Waals surface area (Å²) in [5.74, 6) is -1.06. The van der Waals surface area contributed by atoms with Gasteiger partial charge < -0.3 is 10.2 Å². The van der Waals surface area contributed by atoms with Gasteiger partial charge in [-0.3, -0.25) is 14.6 Å². The topological polar surface area (TPSA) is 62.3 Å². The van der Waals surface area contributed by atoms with Gasteiger partial charge in [-0.2, -0.15) is 0 Å². The van der Waals surface area contributed by atoms with Crippen LogP contribution in [-0.2, 0) is 16.1 Å². The van der Waals surface area contributed by atoms with Gasteiger partial charge in [0.25, 0.3) is 0 Å². The summed E-state index contributed by atoms with van der Waals surface area (Å²) in [6, 6.07) is -0.593. The summed E-state index contributed by atoms with van der Waals surface area (Å²) in [6.45, 7) is 5.33. The first-order chi connectivity index (χ1) is 9.45. The van der Waals surface area contributed by atoms with Crippen molar-refractivity contribution in [3.8, 4) is 0 Å². The number of nitrogens with zero attached hydrogens (tertiary/aromatic N) is 2. The molecule has 2 amide bonds. The minimum absolute atomic E-state index is 0.00997. The van der Waals surface area contributed by atoms with Gasteiger partial charge in [0.1, 0.15) is 11.9 Å². The molecule has 6 heteroatoms. The number of nitrogens with one attached hydrogen (secondary N) is 1. The Kier molecular flexibility index (Phi) is 4.01. The maximum absolute atomic E-state index is 13.9. The first-order valence-corrected chi connectivity index (χ1v) is 6.66. The molecule has 20 heavy (non-hydrogen) atoms. The van der Waals surface area contributed by atoms with E-state index in [0.717, 1.165) is 12.6 Å². The Bertz CT molecular complexity index is 547. The van der Waals surface area contributed by atoms with Gasteiger partial charge in [-0.05, 0) is 5.92 Å². The molecule has 0 bridgehead atoms. The Labute approximate surface area is 117 Å². The van der Waals surface area contributed by atoms with Crippen LogP contribution >= 0.6 is 0 Å². The average Bonchev–Trinajstić information content (AvgIpc) is 2.55. The third-order valence-electron chi connectivity index (χ3n) is 3.78. The Morgan fingerprint density at radius 2 is 2.30 bits per heavy atom. The van der Waals surface area contributed by atoms with Crippen molar-refractivity contribution in [3.05, 3.63) is 23.8 Å². The molecule has 0 radical (unpaired) electrons. The summed E-state index contributed by atoms with van der Waals surface area (Å²) in [6.07, 6.45) is 3.25. The Balaban J connectivity index is 2.48. The van der Waals surface area contributed by atoms with Crippen molar-refractivity contribution in [2.24, 2.45) is 5.92 Å². The van der Waals surface area contributed by atoms with Crippen LogP contribution in [0.15, 0.2) is 12.4 Å². The molecular formula is C14H18FN3O2. The average molecular weight is 279 g/mol. The van der Waals surface area contributed by atoms with Crippen molar-refractivity contribution < 1.29 is 14.0 Å². The van der Waals surface area contributed by atoms with Crippen molar-refractivity contribution in [3.63, 3.8) is 0 Å². The third-order valence-corrected chi connectivity index (χ3v) is 3.78. The highest BCUT2D eigenvalue weighted by Crippen LogP contribution is 2.28. The molecule has 2 rings (SSSR count). The van der Waals surface area contributed by atoms with E-state index in [1.807, 2.05) is 13.8 Å². The molecule has 5 nitrogen and oxygen atoms in total. The molecule has 0 aliphatic carbocycles. The van der Waals surface area contributed by atoms with E-state index in [4.69, 9.17) is 0 Å². The number of amides is 2. The quantitative estimate of drug-likeness (QED) is 0.900. The third kappa shape index (κ3) is 2.50. The second kappa shape index (κ2) is 5.56. The predicted octanol–water partition coefficient (Wildman–Crippen LogP) is 1.94. The van der Waals surface area contributed by atoms with E-state index in [2.05, 4.69) is 10.3 Å². The van der Waals surface area contributed by atoms with Crippen molar-refractivity contribution >= 4 is 17.5 Å². The van der Waals surface area contributed by atoms with Crippen LogP contribution < -0.4 is 5.32 Å². The van der Waals surface area contributed by atoms with E-state index in [0.29, 0.717) is 11.3 Å². The number of carbonyl (C=O) groups is 2. The largest absolute Gasteiger partial charge is 0.326 e. The lowest BCUT2D eigenvalue weighted by molar-refractivity contribution is -0.139. The van der Waals surface area contributed by atoms with Crippen LogP contribution in [0.25, 0.3) is 0 Å². The zero-order valence-electron chi connectivity index (χ0n) is 11.8. The van der Waals surface area contributed by atoms with Crippen LogP contribution in [-0.4, -0.2) is 27.7 Å². The Morgan fingerprint density at radius 1 is 1.60 bits per heavy atom. The molecule has 0 spiro atoms. The number of aromatic nitrogens is 1. The lowest BCUT2D eigenvalue weighted by atomic mass is 9.96. The lowest BCUT2D eigenvalue weighted by Gasteiger charge is -2.31. The first-order valence-electron chi connectivity index (χ1n) is 6.66. The molecule has 0 fully saturated rings. The number of hydrogen-bond acceptors (Lipinski definition) is 3. The fraction of sp³-hybridized carbons (Fsp3) is 0.500. The smallest absolute Gasteiger partial charge is 0.247 e. The van der Waals surface area contributed by atoms with E-state index in [-0.39, 0.29) is 24.3 Å². The second-order valence-electron chi connectivity index (χ2n) is 5.11. The fourth-order valence-corrected chi connectivity index (χ4v) is 2.44. The van der Waals surface area contributed by atoms with Crippen molar-refractivity contribution in [2.75, 3.05) is 5.32 Å². The summed E-state index contributed by atoms with van der Waals surface area (Å²) in [5, 5.41) is 2.68. The van der Waals surface area contributed by atoms with Gasteiger partial charge in [0.05, 0.1) is 24.6 Å². The number of fused-ring (bicyclic) bond motifs is 1. The molecule has 0 saturated carbocycles. The van der Waals surface area contributed by atoms with E-state index < -0.39 is 11.9 Å². The van der Waals surface area contributed by atoms with Crippen molar-refractivity contribution in [2.45, 2.75) is 39.8 Å². The molecule has 1 aliphatic rings. The van der Waals surface area contributed by atoms with Crippen LogP contribution in [0.1, 0.15) is 32.8 Å². The molecule has 0 aromatic carbocycles. The minimum atomic E-state index is -0.593. The minimum Gasteiger partial charge on any atom is -0.326 e. The molecule has 0 saturated heterocycles. The van der Waals surface area contributed by atoms with Gasteiger partial charge >= 0.3 is 0 Å².